The molecule has 7 heteroatoms. The molecule has 5 nitrogen and oxygen atoms in total. The number of carbonyl (C=O) groups is 1. The number of nitrogens with zero attached hydrogens (tertiary/aromatic N) is 1. The number of aromatic carboxylic acids is 1. The first kappa shape index (κ1) is 14.5. The van der Waals surface area contributed by atoms with Gasteiger partial charge >= 0.3 is 5.97 Å². The quantitative estimate of drug-likeness (QED) is 0.657. The fourth-order valence-electron chi connectivity index (χ4n) is 1.53. The van der Waals surface area contributed by atoms with Crippen LogP contribution >= 0.6 is 27.7 Å². The Labute approximate surface area is 126 Å². The maximum atomic E-state index is 11.0. The van der Waals surface area contributed by atoms with Crippen molar-refractivity contribution >= 4 is 39.3 Å². The molecule has 0 saturated carbocycles. The second-order valence-electron chi connectivity index (χ2n) is 3.80. The highest BCUT2D eigenvalue weighted by molar-refractivity contribution is 9.10. The molecule has 20 heavy (non-hydrogen) atoms. The molecule has 1 N–H and O–H groups in total. The van der Waals surface area contributed by atoms with Crippen LogP contribution in [0.2, 0.25) is 0 Å². The number of nitro groups is 1. The van der Waals surface area contributed by atoms with Crippen molar-refractivity contribution in [2.24, 2.45) is 0 Å². The van der Waals surface area contributed by atoms with Gasteiger partial charge in [0.25, 0.3) is 5.69 Å². The lowest BCUT2D eigenvalue weighted by Gasteiger charge is -2.04. The lowest BCUT2D eigenvalue weighted by atomic mass is 10.2. The number of rotatable bonds is 4. The van der Waals surface area contributed by atoms with Crippen molar-refractivity contribution in [3.05, 3.63) is 62.6 Å². The van der Waals surface area contributed by atoms with Gasteiger partial charge in [0.15, 0.2) is 0 Å². The van der Waals surface area contributed by atoms with Gasteiger partial charge < -0.3 is 5.11 Å². The van der Waals surface area contributed by atoms with Gasteiger partial charge in [0.05, 0.1) is 10.5 Å². The van der Waals surface area contributed by atoms with Gasteiger partial charge in [-0.2, -0.15) is 0 Å². The van der Waals surface area contributed by atoms with E-state index in [0.29, 0.717) is 14.3 Å². The summed E-state index contributed by atoms with van der Waals surface area (Å²) in [6, 6.07) is 11.1. The molecule has 0 bridgehead atoms. The van der Waals surface area contributed by atoms with E-state index in [1.165, 1.54) is 30.0 Å². The van der Waals surface area contributed by atoms with Gasteiger partial charge in [-0.25, -0.2) is 4.79 Å². The van der Waals surface area contributed by atoms with Gasteiger partial charge in [-0.3, -0.25) is 10.1 Å². The predicted octanol–water partition coefficient (Wildman–Crippen LogP) is 4.21. The van der Waals surface area contributed by atoms with Crippen LogP contribution in [0.4, 0.5) is 5.69 Å². The maximum Gasteiger partial charge on any atom is 0.336 e. The van der Waals surface area contributed by atoms with E-state index in [9.17, 15) is 14.9 Å². The standard InChI is InChI=1S/C13H8BrNO4S/c14-12-5-4-10(7-11(12)13(16)17)20-9-3-1-2-8(6-9)15(18)19/h1-7H,(H,16,17). The summed E-state index contributed by atoms with van der Waals surface area (Å²) in [5, 5.41) is 19.8. The molecule has 0 saturated heterocycles. The minimum absolute atomic E-state index is 0.00516. The first-order chi connectivity index (χ1) is 9.47. The zero-order chi connectivity index (χ0) is 14.7. The number of hydrogen-bond donors (Lipinski definition) is 1. The van der Waals surface area contributed by atoms with E-state index in [4.69, 9.17) is 5.11 Å². The van der Waals surface area contributed by atoms with Crippen molar-refractivity contribution in [2.75, 3.05) is 0 Å². The van der Waals surface area contributed by atoms with E-state index < -0.39 is 10.9 Å². The second kappa shape index (κ2) is 6.06. The largest absolute Gasteiger partial charge is 0.478 e. The van der Waals surface area contributed by atoms with Gasteiger partial charge in [0.2, 0.25) is 0 Å². The molecule has 2 aromatic carbocycles. The molecular weight excluding hydrogens is 346 g/mol. The summed E-state index contributed by atoms with van der Waals surface area (Å²) in [7, 11) is 0. The molecule has 0 aliphatic rings. The molecule has 102 valence electrons. The third kappa shape index (κ3) is 3.37. The van der Waals surface area contributed by atoms with Crippen molar-refractivity contribution in [1.29, 1.82) is 0 Å². The van der Waals surface area contributed by atoms with Crippen LogP contribution in [0.25, 0.3) is 0 Å². The summed E-state index contributed by atoms with van der Waals surface area (Å²) in [6.07, 6.45) is 0. The highest BCUT2D eigenvalue weighted by Crippen LogP contribution is 2.32. The molecule has 0 amide bonds. The lowest BCUT2D eigenvalue weighted by Crippen LogP contribution is -1.97. The highest BCUT2D eigenvalue weighted by atomic mass is 79.9. The third-order valence-electron chi connectivity index (χ3n) is 2.43. The third-order valence-corrected chi connectivity index (χ3v) is 4.10. The number of nitro benzene ring substituents is 1. The predicted molar refractivity (Wildman–Crippen MR) is 78.3 cm³/mol. The second-order valence-corrected chi connectivity index (χ2v) is 5.80. The Morgan fingerprint density at radius 3 is 2.55 bits per heavy atom. The fourth-order valence-corrected chi connectivity index (χ4v) is 2.86. The van der Waals surface area contributed by atoms with E-state index in [1.807, 2.05) is 0 Å². The molecule has 0 aliphatic heterocycles. The van der Waals surface area contributed by atoms with Crippen molar-refractivity contribution in [3.8, 4) is 0 Å². The topological polar surface area (TPSA) is 80.4 Å². The van der Waals surface area contributed by atoms with E-state index >= 15 is 0 Å². The summed E-state index contributed by atoms with van der Waals surface area (Å²) in [5.41, 5.74) is 0.158. The number of benzene rings is 2. The van der Waals surface area contributed by atoms with Crippen LogP contribution in [0.3, 0.4) is 0 Å². The molecule has 0 spiro atoms. The molecule has 0 atom stereocenters. The average molecular weight is 354 g/mol. The van der Waals surface area contributed by atoms with Gasteiger partial charge in [-0.1, -0.05) is 17.8 Å². The number of carboxylic acids is 1. The molecule has 0 unspecified atom stereocenters. The summed E-state index contributed by atoms with van der Waals surface area (Å²) in [6.45, 7) is 0. The Kier molecular flexibility index (Phi) is 4.41. The van der Waals surface area contributed by atoms with Crippen LogP contribution < -0.4 is 0 Å². The summed E-state index contributed by atoms with van der Waals surface area (Å²) in [5.74, 6) is -1.03. The summed E-state index contributed by atoms with van der Waals surface area (Å²) < 4.78 is 0.494. The fraction of sp³-hybridized carbons (Fsp3) is 0. The molecule has 0 aromatic heterocycles. The van der Waals surface area contributed by atoms with Crippen LogP contribution in [-0.4, -0.2) is 16.0 Å². The van der Waals surface area contributed by atoms with Gasteiger partial charge in [-0.05, 0) is 40.2 Å². The highest BCUT2D eigenvalue weighted by Gasteiger charge is 2.11. The minimum atomic E-state index is -1.03. The molecule has 0 heterocycles. The minimum Gasteiger partial charge on any atom is -0.478 e. The Hall–Kier alpha value is -1.86. The van der Waals surface area contributed by atoms with Gasteiger partial charge in [0, 0.05) is 26.4 Å². The first-order valence-electron chi connectivity index (χ1n) is 5.42. The van der Waals surface area contributed by atoms with E-state index in [2.05, 4.69) is 15.9 Å². The van der Waals surface area contributed by atoms with Crippen molar-refractivity contribution in [3.63, 3.8) is 0 Å². The summed E-state index contributed by atoms with van der Waals surface area (Å²) >= 11 is 4.44. The van der Waals surface area contributed by atoms with Crippen LogP contribution in [0.15, 0.2) is 56.7 Å². The SMILES string of the molecule is O=C(O)c1cc(Sc2cccc([N+](=O)[O-])c2)ccc1Br. The van der Waals surface area contributed by atoms with E-state index in [0.717, 1.165) is 0 Å². The zero-order valence-electron chi connectivity index (χ0n) is 9.95. The van der Waals surface area contributed by atoms with Gasteiger partial charge in [-0.15, -0.1) is 0 Å². The monoisotopic (exact) mass is 353 g/mol. The van der Waals surface area contributed by atoms with Crippen LogP contribution in [-0.2, 0) is 0 Å². The van der Waals surface area contributed by atoms with E-state index in [-0.39, 0.29) is 11.3 Å². The molecule has 2 rings (SSSR count). The smallest absolute Gasteiger partial charge is 0.336 e. The Morgan fingerprint density at radius 2 is 1.90 bits per heavy atom. The zero-order valence-corrected chi connectivity index (χ0v) is 12.3. The van der Waals surface area contributed by atoms with Crippen molar-refractivity contribution < 1.29 is 14.8 Å². The Bertz CT molecular complexity index is 690. The Morgan fingerprint density at radius 1 is 1.20 bits per heavy atom. The first-order valence-corrected chi connectivity index (χ1v) is 7.03. The number of hydrogen-bond acceptors (Lipinski definition) is 4. The molecule has 0 radical (unpaired) electrons. The average Bonchev–Trinajstić information content (AvgIpc) is 2.41. The van der Waals surface area contributed by atoms with E-state index in [1.54, 1.807) is 24.3 Å². The van der Waals surface area contributed by atoms with Crippen molar-refractivity contribution in [2.45, 2.75) is 9.79 Å². The summed E-state index contributed by atoms with van der Waals surface area (Å²) in [4.78, 5) is 22.7. The number of carboxylic acid groups (broad SMARTS) is 1. The maximum absolute atomic E-state index is 11.0. The van der Waals surface area contributed by atoms with Crippen molar-refractivity contribution in [1.82, 2.24) is 0 Å². The number of halogens is 1. The van der Waals surface area contributed by atoms with Crippen LogP contribution in [0, 0.1) is 10.1 Å². The molecular formula is C13H8BrNO4S. The van der Waals surface area contributed by atoms with Crippen LogP contribution in [0.1, 0.15) is 10.4 Å². The lowest BCUT2D eigenvalue weighted by molar-refractivity contribution is -0.385. The molecule has 0 fully saturated rings. The normalized spacial score (nSPS) is 10.2. The molecule has 0 aliphatic carbocycles. The van der Waals surface area contributed by atoms with Gasteiger partial charge in [0.1, 0.15) is 0 Å². The van der Waals surface area contributed by atoms with Crippen LogP contribution in [0.5, 0.6) is 0 Å². The number of non-ortho nitro benzene ring substituents is 1. The molecule has 2 aromatic rings. The Balaban J connectivity index is 2.30.